The van der Waals surface area contributed by atoms with Crippen LogP contribution in [0.2, 0.25) is 0 Å². The molecule has 3 N–H and O–H groups in total. The number of para-hydroxylation sites is 1. The fourth-order valence-corrected chi connectivity index (χ4v) is 14.6. The molecular formula is C59H66F2N10O10S. The monoisotopic (exact) mass is 1140 g/mol. The number of amides is 1. The summed E-state index contributed by atoms with van der Waals surface area (Å²) in [5.74, 6) is -0.599. The molecule has 5 fully saturated rings. The Kier molecular flexibility index (Phi) is 14.4. The van der Waals surface area contributed by atoms with Crippen molar-refractivity contribution >= 4 is 55.7 Å². The number of nitro groups is 1. The van der Waals surface area contributed by atoms with E-state index < -0.39 is 49.2 Å². The number of carbonyl (C=O) groups is 1. The van der Waals surface area contributed by atoms with E-state index in [0.29, 0.717) is 81.5 Å². The average molecular weight is 1150 g/mol. The quantitative estimate of drug-likeness (QED) is 0.0728. The summed E-state index contributed by atoms with van der Waals surface area (Å²) in [5, 5.41) is 16.6. The molecule has 9 heterocycles. The van der Waals surface area contributed by atoms with Gasteiger partial charge in [0.1, 0.15) is 41.4 Å². The highest BCUT2D eigenvalue weighted by molar-refractivity contribution is 7.90. The normalized spacial score (nSPS) is 23.2. The molecule has 1 saturated carbocycles. The summed E-state index contributed by atoms with van der Waals surface area (Å²) in [5.41, 5.74) is 2.61. The third kappa shape index (κ3) is 10.4. The van der Waals surface area contributed by atoms with Crippen molar-refractivity contribution in [2.24, 2.45) is 11.3 Å². The molecule has 6 aromatic rings. The van der Waals surface area contributed by atoms with Crippen LogP contribution in [0.3, 0.4) is 0 Å². The number of hydrogen-bond acceptors (Lipinski definition) is 17. The molecule has 4 atom stereocenters. The van der Waals surface area contributed by atoms with Crippen LogP contribution >= 0.6 is 0 Å². The summed E-state index contributed by atoms with van der Waals surface area (Å²) in [6.07, 6.45) is 7.04. The van der Waals surface area contributed by atoms with E-state index in [1.807, 2.05) is 49.1 Å². The van der Waals surface area contributed by atoms with Crippen molar-refractivity contribution in [3.63, 3.8) is 0 Å². The maximum Gasteiger partial charge on any atom is 0.297 e. The fourth-order valence-electron chi connectivity index (χ4n) is 13.6. The molecule has 1 aliphatic carbocycles. The van der Waals surface area contributed by atoms with Crippen molar-refractivity contribution in [1.82, 2.24) is 29.5 Å². The zero-order chi connectivity index (χ0) is 56.4. The lowest BCUT2D eigenvalue weighted by atomic mass is 9.59. The van der Waals surface area contributed by atoms with Gasteiger partial charge >= 0.3 is 0 Å². The van der Waals surface area contributed by atoms with E-state index in [1.165, 1.54) is 18.2 Å². The van der Waals surface area contributed by atoms with Crippen molar-refractivity contribution in [2.75, 3.05) is 80.9 Å². The predicted octanol–water partition coefficient (Wildman–Crippen LogP) is 8.65. The molecule has 7 aliphatic rings. The molecule has 3 aromatic carbocycles. The molecule has 0 unspecified atom stereocenters. The average Bonchev–Trinajstić information content (AvgIpc) is 3.06. The number of nitrogens with zero attached hydrogens (tertiary/aromatic N) is 7. The maximum absolute atomic E-state index is 14.9. The number of ether oxygens (including phenoxy) is 5. The molecule has 1 spiro atoms. The minimum atomic E-state index is -4.76. The first kappa shape index (κ1) is 54.1. The summed E-state index contributed by atoms with van der Waals surface area (Å²) < 4.78 is 89.7. The highest BCUT2D eigenvalue weighted by Gasteiger charge is 2.51. The number of aromatic amines is 1. The van der Waals surface area contributed by atoms with Gasteiger partial charge in [0.05, 0.1) is 46.2 Å². The van der Waals surface area contributed by atoms with Crippen molar-refractivity contribution in [3.8, 4) is 17.4 Å². The second-order valence-corrected chi connectivity index (χ2v) is 24.9. The number of benzene rings is 3. The van der Waals surface area contributed by atoms with Gasteiger partial charge in [-0.15, -0.1) is 0 Å². The minimum absolute atomic E-state index is 0.00323. The molecule has 4 saturated heterocycles. The summed E-state index contributed by atoms with van der Waals surface area (Å²) >= 11 is 0. The molecule has 432 valence electrons. The van der Waals surface area contributed by atoms with Gasteiger partial charge in [0.2, 0.25) is 5.88 Å². The highest BCUT2D eigenvalue weighted by Crippen LogP contribution is 2.54. The van der Waals surface area contributed by atoms with E-state index in [4.69, 9.17) is 33.7 Å². The van der Waals surface area contributed by atoms with Gasteiger partial charge < -0.3 is 43.8 Å². The van der Waals surface area contributed by atoms with Crippen molar-refractivity contribution in [2.45, 2.75) is 107 Å². The predicted molar refractivity (Wildman–Crippen MR) is 300 cm³/mol. The van der Waals surface area contributed by atoms with Crippen LogP contribution in [0.25, 0.3) is 11.0 Å². The third-order valence-corrected chi connectivity index (χ3v) is 19.1. The van der Waals surface area contributed by atoms with Crippen LogP contribution in [0.4, 0.5) is 37.5 Å². The van der Waals surface area contributed by atoms with E-state index in [0.717, 1.165) is 79.9 Å². The third-order valence-electron chi connectivity index (χ3n) is 17.8. The summed E-state index contributed by atoms with van der Waals surface area (Å²) in [7, 11) is -4.76. The Hall–Kier alpha value is -7.18. The van der Waals surface area contributed by atoms with Crippen LogP contribution in [0.15, 0.2) is 90.0 Å². The molecule has 1 amide bonds. The Morgan fingerprint density at radius 3 is 2.52 bits per heavy atom. The van der Waals surface area contributed by atoms with E-state index in [-0.39, 0.29) is 71.6 Å². The number of sulfonamides is 1. The number of nitrogens with one attached hydrogen (secondary N) is 3. The smallest absolute Gasteiger partial charge is 0.297 e. The molecule has 23 heteroatoms. The Morgan fingerprint density at radius 1 is 0.927 bits per heavy atom. The second-order valence-electron chi connectivity index (χ2n) is 23.2. The Balaban J connectivity index is 0.773. The standard InChI is InChI=1S/C59H66F2N10O10S/c1-35(2)80-50-6-4-3-5-41(50)49-32-67(31-36-7-9-43(60)44(61)25-36)20-21-69(49)39-29-59(30-39)15-18-68(19-16-59)53-10-8-42(56(64-53)70-46-14-24-78-34-52(46)81-58-48(70)26-38-11-17-62-55(38)65-58)57(72)66-82(75,76)40-27-47(71(73)74)54-51(28-40)79-33-45(63-54)37-12-22-77-23-13-37/h3-11,17,25-28,35,37,39,45-46,49,52,63H,12-16,18-24,29-34H2,1-2H3,(H,62,65)(H,66,72)/t45-,46-,49-,52-/m0/s1. The number of rotatable bonds is 13. The first-order chi connectivity index (χ1) is 39.7. The number of piperidine rings is 1. The number of piperazine rings is 1. The second kappa shape index (κ2) is 21.9. The SMILES string of the molecule is CC(C)Oc1ccccc1[C@@H]1CN(Cc2ccc(F)c(F)c2)CCN1C1CC2(CCN(c3ccc(C(=O)NS(=O)(=O)c4cc5c(c([N+](=O)[O-])c4)N[C@H](C4CCOCC4)CO5)c(N4c5cc6cc[nH]c6nc5O[C@H]5COCC[C@@H]54)n3)CC2)C1. The van der Waals surface area contributed by atoms with E-state index >= 15 is 0 Å². The molecule has 13 rings (SSSR count). The lowest BCUT2D eigenvalue weighted by Gasteiger charge is -2.58. The topological polar surface area (TPSA) is 219 Å². The van der Waals surface area contributed by atoms with Crippen LogP contribution in [-0.2, 0) is 26.0 Å². The van der Waals surface area contributed by atoms with Crippen LogP contribution in [0.1, 0.15) is 86.3 Å². The number of H-pyrrole nitrogens is 1. The summed E-state index contributed by atoms with van der Waals surface area (Å²) in [6, 6.07) is 21.4. The van der Waals surface area contributed by atoms with Gasteiger partial charge in [-0.2, -0.15) is 4.98 Å². The first-order valence-corrected chi connectivity index (χ1v) is 30.0. The van der Waals surface area contributed by atoms with E-state index in [1.54, 1.807) is 24.4 Å². The number of nitro benzene ring substituents is 1. The lowest BCUT2D eigenvalue weighted by molar-refractivity contribution is -0.384. The minimum Gasteiger partial charge on any atom is -0.491 e. The molecular weight excluding hydrogens is 1080 g/mol. The van der Waals surface area contributed by atoms with Gasteiger partial charge in [-0.3, -0.25) is 24.7 Å². The molecule has 20 nitrogen and oxygen atoms in total. The number of carbonyl (C=O) groups excluding carboxylic acids is 1. The molecule has 82 heavy (non-hydrogen) atoms. The number of pyridine rings is 2. The molecule has 6 aliphatic heterocycles. The largest absolute Gasteiger partial charge is 0.491 e. The van der Waals surface area contributed by atoms with Crippen molar-refractivity contribution in [3.05, 3.63) is 123 Å². The molecule has 3 aromatic heterocycles. The van der Waals surface area contributed by atoms with Gasteiger partial charge in [-0.25, -0.2) is 26.9 Å². The molecule has 0 radical (unpaired) electrons. The van der Waals surface area contributed by atoms with Gasteiger partial charge in [-0.1, -0.05) is 24.3 Å². The van der Waals surface area contributed by atoms with E-state index in [2.05, 4.69) is 35.8 Å². The number of aromatic nitrogens is 3. The zero-order valence-corrected chi connectivity index (χ0v) is 46.5. The van der Waals surface area contributed by atoms with Crippen LogP contribution in [-0.4, -0.2) is 140 Å². The Bertz CT molecular complexity index is 3530. The number of halogens is 2. The van der Waals surface area contributed by atoms with Crippen LogP contribution in [0.5, 0.6) is 17.4 Å². The van der Waals surface area contributed by atoms with E-state index in [9.17, 15) is 32.1 Å². The first-order valence-electron chi connectivity index (χ1n) is 28.5. The highest BCUT2D eigenvalue weighted by atomic mass is 32.2. The Morgan fingerprint density at radius 2 is 1.73 bits per heavy atom. The van der Waals surface area contributed by atoms with Crippen LogP contribution < -0.4 is 34.0 Å². The van der Waals surface area contributed by atoms with Gasteiger partial charge in [0.25, 0.3) is 21.6 Å². The maximum atomic E-state index is 14.9. The fraction of sp³-hybridized carbons (Fsp3) is 0.475. The van der Waals surface area contributed by atoms with Gasteiger partial charge in [0.15, 0.2) is 23.1 Å². The zero-order valence-electron chi connectivity index (χ0n) is 45.7. The summed E-state index contributed by atoms with van der Waals surface area (Å²) in [4.78, 5) is 48.7. The number of fused-ring (bicyclic) bond motifs is 4. The van der Waals surface area contributed by atoms with Crippen molar-refractivity contribution < 1.29 is 50.6 Å². The summed E-state index contributed by atoms with van der Waals surface area (Å²) in [6.45, 7) is 10.1. The number of hydrogen-bond donors (Lipinski definition) is 3. The van der Waals surface area contributed by atoms with Gasteiger partial charge in [0, 0.05) is 94.4 Å². The number of anilines is 4. The lowest BCUT2D eigenvalue weighted by Crippen LogP contribution is -2.59. The van der Waals surface area contributed by atoms with Crippen LogP contribution in [0, 0.1) is 33.1 Å². The van der Waals surface area contributed by atoms with Gasteiger partial charge in [-0.05, 0) is 118 Å². The van der Waals surface area contributed by atoms with Crippen molar-refractivity contribution in [1.29, 1.82) is 0 Å². The molecule has 0 bridgehead atoms. The Labute approximate surface area is 473 Å².